The molecule has 28 heavy (non-hydrogen) atoms. The fourth-order valence-corrected chi connectivity index (χ4v) is 2.62. The molecule has 0 unspecified atom stereocenters. The van der Waals surface area contributed by atoms with Gasteiger partial charge in [0.1, 0.15) is 0 Å². The Balaban J connectivity index is 1.97. The van der Waals surface area contributed by atoms with E-state index < -0.39 is 0 Å². The molecule has 0 aliphatic heterocycles. The fourth-order valence-electron chi connectivity index (χ4n) is 2.45. The first kappa shape index (κ1) is 19.3. The van der Waals surface area contributed by atoms with Crippen molar-refractivity contribution in [3.8, 4) is 0 Å². The molecular formula is C20H18ClN5O2. The predicted molar refractivity (Wildman–Crippen MR) is 110 cm³/mol. The van der Waals surface area contributed by atoms with Crippen LogP contribution >= 0.6 is 11.6 Å². The van der Waals surface area contributed by atoms with Gasteiger partial charge in [0.05, 0.1) is 0 Å². The molecule has 0 aliphatic carbocycles. The van der Waals surface area contributed by atoms with Gasteiger partial charge in [-0.25, -0.2) is 4.98 Å². The topological polar surface area (TPSA) is 99.2 Å². The van der Waals surface area contributed by atoms with E-state index in [2.05, 4.69) is 25.6 Å². The summed E-state index contributed by atoms with van der Waals surface area (Å²) >= 11 is 6.17. The maximum absolute atomic E-state index is 12.6. The summed E-state index contributed by atoms with van der Waals surface area (Å²) in [5.41, 5.74) is 2.09. The second kappa shape index (κ2) is 8.49. The molecule has 0 radical (unpaired) electrons. The van der Waals surface area contributed by atoms with Crippen LogP contribution in [0.5, 0.6) is 0 Å². The number of aromatic nitrogens is 2. The lowest BCUT2D eigenvalue weighted by molar-refractivity contribution is 0.0977. The number of carbonyl (C=O) groups is 1. The van der Waals surface area contributed by atoms with Crippen LogP contribution in [0.2, 0.25) is 5.02 Å². The first-order valence-corrected chi connectivity index (χ1v) is 8.85. The molecule has 142 valence electrons. The fraction of sp³-hybridized carbons (Fsp3) is 0.100. The van der Waals surface area contributed by atoms with Gasteiger partial charge in [-0.1, -0.05) is 35.9 Å². The van der Waals surface area contributed by atoms with Gasteiger partial charge in [-0.15, -0.1) is 0 Å². The molecule has 0 spiro atoms. The number of aromatic amines is 1. The van der Waals surface area contributed by atoms with Crippen molar-refractivity contribution < 1.29 is 4.79 Å². The van der Waals surface area contributed by atoms with Crippen molar-refractivity contribution in [3.05, 3.63) is 86.8 Å². The Morgan fingerprint density at radius 3 is 2.57 bits per heavy atom. The van der Waals surface area contributed by atoms with Gasteiger partial charge < -0.3 is 5.32 Å². The Hall–Kier alpha value is -3.45. The number of hydrogen-bond donors (Lipinski definition) is 3. The normalized spacial score (nSPS) is 11.2. The molecule has 3 aromatic rings. The number of anilines is 1. The van der Waals surface area contributed by atoms with Gasteiger partial charge in [-0.2, -0.15) is 4.99 Å². The molecule has 1 heterocycles. The maximum Gasteiger partial charge on any atom is 0.257 e. The van der Waals surface area contributed by atoms with Crippen LogP contribution in [0.25, 0.3) is 0 Å². The Morgan fingerprint density at radius 1 is 1.11 bits per heavy atom. The van der Waals surface area contributed by atoms with E-state index in [1.165, 1.54) is 6.07 Å². The van der Waals surface area contributed by atoms with Crippen LogP contribution in [0.15, 0.2) is 64.4 Å². The van der Waals surface area contributed by atoms with Crippen molar-refractivity contribution >= 4 is 35.1 Å². The third-order valence-electron chi connectivity index (χ3n) is 3.86. The molecular weight excluding hydrogens is 378 g/mol. The van der Waals surface area contributed by atoms with Crippen LogP contribution in [-0.2, 0) is 0 Å². The standard InChI is InChI=1S/C20H18ClN5O2/c1-12-11-17(27)24-19(22-12)26-20(23-16-10-6-9-15(21)13(16)2)25-18(28)14-7-4-3-5-8-14/h3-11H,1-2H3,(H3,22,23,24,25,26,27,28). The number of benzene rings is 2. The molecule has 0 bridgehead atoms. The smallest absolute Gasteiger partial charge is 0.257 e. The molecule has 0 aliphatic rings. The number of aliphatic imine (C=N–C) groups is 1. The number of amides is 1. The first-order valence-electron chi connectivity index (χ1n) is 8.47. The third-order valence-corrected chi connectivity index (χ3v) is 4.27. The number of halogens is 1. The average molecular weight is 396 g/mol. The Morgan fingerprint density at radius 2 is 1.86 bits per heavy atom. The first-order chi connectivity index (χ1) is 13.4. The number of hydrogen-bond acceptors (Lipinski definition) is 4. The highest BCUT2D eigenvalue weighted by Crippen LogP contribution is 2.23. The van der Waals surface area contributed by atoms with Gasteiger partial charge in [0.15, 0.2) is 0 Å². The molecule has 2 aromatic carbocycles. The van der Waals surface area contributed by atoms with Gasteiger partial charge >= 0.3 is 0 Å². The van der Waals surface area contributed by atoms with E-state index in [0.717, 1.165) is 5.56 Å². The minimum Gasteiger partial charge on any atom is -0.325 e. The summed E-state index contributed by atoms with van der Waals surface area (Å²) in [6, 6.07) is 15.4. The molecule has 0 saturated carbocycles. The number of aryl methyl sites for hydroxylation is 1. The molecule has 0 atom stereocenters. The third kappa shape index (κ3) is 4.83. The molecule has 1 aromatic heterocycles. The highest BCUT2D eigenvalue weighted by molar-refractivity contribution is 6.31. The summed E-state index contributed by atoms with van der Waals surface area (Å²) in [5.74, 6) is -0.185. The van der Waals surface area contributed by atoms with E-state index in [-0.39, 0.29) is 23.4 Å². The molecule has 8 heteroatoms. The quantitative estimate of drug-likeness (QED) is 0.466. The highest BCUT2D eigenvalue weighted by atomic mass is 35.5. The van der Waals surface area contributed by atoms with Crippen molar-refractivity contribution in [3.63, 3.8) is 0 Å². The second-order valence-corrected chi connectivity index (χ2v) is 6.44. The summed E-state index contributed by atoms with van der Waals surface area (Å²) < 4.78 is 0. The summed E-state index contributed by atoms with van der Waals surface area (Å²) in [6.07, 6.45) is 0. The van der Waals surface area contributed by atoms with Crippen LogP contribution in [-0.4, -0.2) is 21.8 Å². The van der Waals surface area contributed by atoms with Gasteiger partial charge in [-0.05, 0) is 43.7 Å². The number of nitrogens with zero attached hydrogens (tertiary/aromatic N) is 2. The number of nitrogens with one attached hydrogen (secondary N) is 3. The highest BCUT2D eigenvalue weighted by Gasteiger charge is 2.12. The number of H-pyrrole nitrogens is 1. The lowest BCUT2D eigenvalue weighted by Crippen LogP contribution is -2.36. The zero-order valence-electron chi connectivity index (χ0n) is 15.3. The van der Waals surface area contributed by atoms with Crippen molar-refractivity contribution in [1.82, 2.24) is 15.3 Å². The van der Waals surface area contributed by atoms with Crippen molar-refractivity contribution in [2.45, 2.75) is 13.8 Å². The van der Waals surface area contributed by atoms with Gasteiger partial charge in [0, 0.05) is 28.0 Å². The largest absolute Gasteiger partial charge is 0.325 e. The number of guanidine groups is 1. The van der Waals surface area contributed by atoms with Crippen LogP contribution in [0, 0.1) is 13.8 Å². The molecule has 0 fully saturated rings. The Labute approximate surface area is 166 Å². The van der Waals surface area contributed by atoms with Crippen LogP contribution in [0.1, 0.15) is 21.6 Å². The van der Waals surface area contributed by atoms with E-state index >= 15 is 0 Å². The zero-order valence-corrected chi connectivity index (χ0v) is 16.0. The van der Waals surface area contributed by atoms with Crippen molar-refractivity contribution in [2.75, 3.05) is 5.32 Å². The number of carbonyl (C=O) groups excluding carboxylic acids is 1. The van der Waals surface area contributed by atoms with E-state index in [1.54, 1.807) is 49.4 Å². The van der Waals surface area contributed by atoms with Gasteiger partial charge in [-0.3, -0.25) is 19.9 Å². The molecule has 3 N–H and O–H groups in total. The molecule has 7 nitrogen and oxygen atoms in total. The van der Waals surface area contributed by atoms with E-state index in [0.29, 0.717) is 22.0 Å². The minimum atomic E-state index is -0.360. The second-order valence-electron chi connectivity index (χ2n) is 6.03. The lowest BCUT2D eigenvalue weighted by atomic mass is 10.2. The monoisotopic (exact) mass is 395 g/mol. The summed E-state index contributed by atoms with van der Waals surface area (Å²) in [5, 5.41) is 6.33. The van der Waals surface area contributed by atoms with Crippen LogP contribution in [0.4, 0.5) is 11.6 Å². The zero-order chi connectivity index (χ0) is 20.1. The van der Waals surface area contributed by atoms with E-state index in [1.807, 2.05) is 13.0 Å². The Kier molecular flexibility index (Phi) is 5.86. The average Bonchev–Trinajstić information content (AvgIpc) is 2.65. The molecule has 1 amide bonds. The summed E-state index contributed by atoms with van der Waals surface area (Å²) in [6.45, 7) is 3.53. The van der Waals surface area contributed by atoms with Crippen molar-refractivity contribution in [2.24, 2.45) is 4.99 Å². The van der Waals surface area contributed by atoms with E-state index in [9.17, 15) is 9.59 Å². The summed E-state index contributed by atoms with van der Waals surface area (Å²) in [4.78, 5) is 35.3. The molecule has 3 rings (SSSR count). The number of rotatable bonds is 3. The summed E-state index contributed by atoms with van der Waals surface area (Å²) in [7, 11) is 0. The van der Waals surface area contributed by atoms with E-state index in [4.69, 9.17) is 11.6 Å². The SMILES string of the molecule is Cc1cc(=O)[nH]c(/N=C(\NC(=O)c2ccccc2)Nc2cccc(Cl)c2C)n1. The predicted octanol–water partition coefficient (Wildman–Crippen LogP) is 3.57. The van der Waals surface area contributed by atoms with Gasteiger partial charge in [0.2, 0.25) is 11.9 Å². The maximum atomic E-state index is 12.6. The Bertz CT molecular complexity index is 1090. The van der Waals surface area contributed by atoms with Crippen LogP contribution in [0.3, 0.4) is 0 Å². The molecule has 0 saturated heterocycles. The lowest BCUT2D eigenvalue weighted by Gasteiger charge is -2.14. The minimum absolute atomic E-state index is 0.0699. The van der Waals surface area contributed by atoms with Crippen molar-refractivity contribution in [1.29, 1.82) is 0 Å². The van der Waals surface area contributed by atoms with Crippen LogP contribution < -0.4 is 16.2 Å². The van der Waals surface area contributed by atoms with Gasteiger partial charge in [0.25, 0.3) is 11.5 Å².